The molecule has 30 heavy (non-hydrogen) atoms. The molecule has 0 bridgehead atoms. The summed E-state index contributed by atoms with van der Waals surface area (Å²) in [5.41, 5.74) is 3.44. The second kappa shape index (κ2) is 11.5. The number of benzene rings is 2. The third-order valence-electron chi connectivity index (χ3n) is 5.59. The number of hydrogen-bond donors (Lipinski definition) is 1. The molecule has 1 aliphatic carbocycles. The summed E-state index contributed by atoms with van der Waals surface area (Å²) >= 11 is 0. The number of allylic oxidation sites excluding steroid dienone is 2. The van der Waals surface area contributed by atoms with E-state index < -0.39 is 8.38 Å². The summed E-state index contributed by atoms with van der Waals surface area (Å²) < 4.78 is 12.6. The van der Waals surface area contributed by atoms with Crippen molar-refractivity contribution in [2.24, 2.45) is 0 Å². The van der Waals surface area contributed by atoms with E-state index in [-0.39, 0.29) is 5.92 Å². The minimum Gasteiger partial charge on any atom is -0.507 e. The Morgan fingerprint density at radius 2 is 1.90 bits per heavy atom. The van der Waals surface area contributed by atoms with E-state index in [0.29, 0.717) is 12.4 Å². The minimum atomic E-state index is -1.25. The van der Waals surface area contributed by atoms with Gasteiger partial charge in [-0.1, -0.05) is 49.6 Å². The first-order valence-corrected chi connectivity index (χ1v) is 12.5. The molecule has 0 saturated carbocycles. The lowest BCUT2D eigenvalue weighted by molar-refractivity contribution is 0.339. The van der Waals surface area contributed by atoms with Crippen LogP contribution in [0.25, 0.3) is 0 Å². The first kappa shape index (κ1) is 22.8. The molecule has 2 atom stereocenters. The van der Waals surface area contributed by atoms with E-state index in [1.807, 2.05) is 31.2 Å². The van der Waals surface area contributed by atoms with Gasteiger partial charge in [0.2, 0.25) is 0 Å². The maximum absolute atomic E-state index is 11.0. The van der Waals surface area contributed by atoms with Gasteiger partial charge in [-0.05, 0) is 75.8 Å². The fraction of sp³-hybridized carbons (Fsp3) is 0.462. The lowest BCUT2D eigenvalue weighted by atomic mass is 9.84. The van der Waals surface area contributed by atoms with Gasteiger partial charge in [0.15, 0.2) is 0 Å². The molecule has 0 fully saturated rings. The zero-order valence-electron chi connectivity index (χ0n) is 18.6. The number of aryl methyl sites for hydroxylation is 1. The molecule has 1 aliphatic rings. The third kappa shape index (κ3) is 6.09. The predicted molar refractivity (Wildman–Crippen MR) is 127 cm³/mol. The predicted octanol–water partition coefficient (Wildman–Crippen LogP) is 7.39. The van der Waals surface area contributed by atoms with E-state index in [2.05, 4.69) is 38.1 Å². The quantitative estimate of drug-likeness (QED) is 0.244. The highest BCUT2D eigenvalue weighted by molar-refractivity contribution is 7.56. The third-order valence-corrected chi connectivity index (χ3v) is 7.16. The molecular formula is C26H35O3P. The Balaban J connectivity index is 1.98. The molecule has 0 aromatic heterocycles. The lowest BCUT2D eigenvalue weighted by Gasteiger charge is -2.26. The number of phenols is 1. The molecule has 0 amide bonds. The Kier molecular flexibility index (Phi) is 8.78. The van der Waals surface area contributed by atoms with Crippen LogP contribution >= 0.6 is 8.38 Å². The van der Waals surface area contributed by atoms with Gasteiger partial charge in [0.05, 0.1) is 6.61 Å². The van der Waals surface area contributed by atoms with Crippen LogP contribution < -0.4 is 9.83 Å². The van der Waals surface area contributed by atoms with Crippen molar-refractivity contribution in [3.05, 3.63) is 65.2 Å². The van der Waals surface area contributed by atoms with Gasteiger partial charge in [0.25, 0.3) is 8.38 Å². The van der Waals surface area contributed by atoms with Crippen molar-refractivity contribution in [2.45, 2.75) is 71.6 Å². The van der Waals surface area contributed by atoms with Gasteiger partial charge >= 0.3 is 0 Å². The number of hydrogen-bond acceptors (Lipinski definition) is 3. The zero-order valence-corrected chi connectivity index (χ0v) is 19.5. The van der Waals surface area contributed by atoms with Gasteiger partial charge in [-0.3, -0.25) is 0 Å². The van der Waals surface area contributed by atoms with E-state index in [9.17, 15) is 5.11 Å². The number of unbranched alkanes of at least 4 members (excludes halogenated alkanes) is 2. The van der Waals surface area contributed by atoms with Gasteiger partial charge in [0, 0.05) is 16.8 Å². The molecule has 1 N–H and O–H groups in total. The second-order valence-corrected chi connectivity index (χ2v) is 9.57. The van der Waals surface area contributed by atoms with Crippen LogP contribution in [-0.2, 0) is 10.9 Å². The molecular weight excluding hydrogens is 391 g/mol. The van der Waals surface area contributed by atoms with Crippen molar-refractivity contribution in [1.82, 2.24) is 0 Å². The Morgan fingerprint density at radius 1 is 1.10 bits per heavy atom. The molecule has 2 unspecified atom stereocenters. The summed E-state index contributed by atoms with van der Waals surface area (Å²) in [6.45, 7) is 6.97. The van der Waals surface area contributed by atoms with Crippen LogP contribution in [-0.4, -0.2) is 11.7 Å². The van der Waals surface area contributed by atoms with E-state index in [1.165, 1.54) is 18.4 Å². The Hall–Kier alpha value is -1.83. The van der Waals surface area contributed by atoms with Crippen molar-refractivity contribution in [3.63, 3.8) is 0 Å². The van der Waals surface area contributed by atoms with Crippen molar-refractivity contribution in [1.29, 1.82) is 0 Å². The molecule has 2 aromatic rings. The van der Waals surface area contributed by atoms with E-state index >= 15 is 0 Å². The fourth-order valence-electron chi connectivity index (χ4n) is 4.09. The molecule has 0 radical (unpaired) electrons. The highest BCUT2D eigenvalue weighted by Crippen LogP contribution is 2.47. The van der Waals surface area contributed by atoms with Gasteiger partial charge in [-0.25, -0.2) is 0 Å². The molecule has 3 rings (SSSR count). The first-order valence-electron chi connectivity index (χ1n) is 11.3. The molecule has 0 aliphatic heterocycles. The number of rotatable bonds is 10. The summed E-state index contributed by atoms with van der Waals surface area (Å²) in [6.07, 6.45) is 10.1. The maximum atomic E-state index is 11.0. The topological polar surface area (TPSA) is 38.7 Å². The largest absolute Gasteiger partial charge is 0.507 e. The minimum absolute atomic E-state index is 0.188. The Bertz CT molecular complexity index is 832. The van der Waals surface area contributed by atoms with Crippen LogP contribution in [0.3, 0.4) is 0 Å². The Morgan fingerprint density at radius 3 is 2.60 bits per heavy atom. The maximum Gasteiger partial charge on any atom is 0.265 e. The van der Waals surface area contributed by atoms with Crippen molar-refractivity contribution in [2.75, 3.05) is 6.61 Å². The fourth-order valence-corrected chi connectivity index (χ4v) is 5.37. The highest BCUT2D eigenvalue weighted by Gasteiger charge is 2.25. The van der Waals surface area contributed by atoms with Crippen LogP contribution in [0.4, 0.5) is 0 Å². The van der Waals surface area contributed by atoms with Crippen LogP contribution in [0.2, 0.25) is 0 Å². The number of phenolic OH excluding ortho intramolecular Hbond substituents is 1. The van der Waals surface area contributed by atoms with Gasteiger partial charge in [-0.15, -0.1) is 0 Å². The molecule has 0 spiro atoms. The summed E-state index contributed by atoms with van der Waals surface area (Å²) in [4.78, 5) is 0. The van der Waals surface area contributed by atoms with Gasteiger partial charge in [-0.2, -0.15) is 0 Å². The van der Waals surface area contributed by atoms with E-state index in [1.54, 1.807) is 0 Å². The average Bonchev–Trinajstić information content (AvgIpc) is 2.74. The molecule has 0 heterocycles. The first-order chi connectivity index (χ1) is 14.6. The van der Waals surface area contributed by atoms with Crippen LogP contribution in [0.5, 0.6) is 11.5 Å². The van der Waals surface area contributed by atoms with Crippen molar-refractivity contribution < 1.29 is 14.2 Å². The summed E-state index contributed by atoms with van der Waals surface area (Å²) in [5, 5.41) is 12.1. The molecule has 4 heteroatoms. The molecule has 162 valence electrons. The number of aromatic hydroxyl groups is 1. The molecule has 3 nitrogen and oxygen atoms in total. The van der Waals surface area contributed by atoms with Crippen LogP contribution in [0, 0.1) is 0 Å². The summed E-state index contributed by atoms with van der Waals surface area (Å²) in [5.74, 6) is 1.32. The highest BCUT2D eigenvalue weighted by atomic mass is 31.2. The smallest absolute Gasteiger partial charge is 0.265 e. The normalized spacial score (nSPS) is 17.4. The zero-order chi connectivity index (χ0) is 21.3. The molecule has 2 aromatic carbocycles. The Labute approximate surface area is 183 Å². The van der Waals surface area contributed by atoms with Crippen molar-refractivity contribution in [3.8, 4) is 11.5 Å². The second-order valence-electron chi connectivity index (χ2n) is 8.10. The summed E-state index contributed by atoms with van der Waals surface area (Å²) in [6, 6.07) is 14.2. The van der Waals surface area contributed by atoms with Crippen molar-refractivity contribution >= 4 is 13.7 Å². The van der Waals surface area contributed by atoms with E-state index in [0.717, 1.165) is 54.3 Å². The van der Waals surface area contributed by atoms with Gasteiger partial charge in [0.1, 0.15) is 11.5 Å². The monoisotopic (exact) mass is 426 g/mol. The SMILES string of the molecule is CCCCCc1cc(O)c(C2C=C(C)CCC2)c(OP(OCC)c2ccccc2)c1. The van der Waals surface area contributed by atoms with E-state index in [4.69, 9.17) is 9.05 Å². The lowest BCUT2D eigenvalue weighted by Crippen LogP contribution is -2.10. The average molecular weight is 427 g/mol. The van der Waals surface area contributed by atoms with Crippen LogP contribution in [0.15, 0.2) is 54.1 Å². The van der Waals surface area contributed by atoms with Gasteiger partial charge < -0.3 is 14.2 Å². The standard InChI is InChI=1S/C26H35O3P/c1-4-6-8-13-21-18-24(27)26(22-14-11-12-20(3)17-22)25(19-21)29-30(28-5-2)23-15-9-7-10-16-23/h7,9-10,15-19,22,27H,4-6,8,11-14H2,1-3H3. The molecule has 0 saturated heterocycles. The summed E-state index contributed by atoms with van der Waals surface area (Å²) in [7, 11) is -1.25. The van der Waals surface area contributed by atoms with Crippen LogP contribution in [0.1, 0.15) is 76.3 Å².